The molecular weight excluding hydrogens is 332 g/mol. The number of anilines is 1. The summed E-state index contributed by atoms with van der Waals surface area (Å²) in [7, 11) is 0. The van der Waals surface area contributed by atoms with Crippen molar-refractivity contribution in [1.82, 2.24) is 5.43 Å². The molecule has 26 heavy (non-hydrogen) atoms. The second-order valence-corrected chi connectivity index (χ2v) is 6.24. The van der Waals surface area contributed by atoms with Gasteiger partial charge >= 0.3 is 0 Å². The number of unbranched alkanes of at least 4 members (excludes halogenated alkanes) is 5. The number of para-hydroxylation sites is 1. The maximum absolute atomic E-state index is 12.2. The van der Waals surface area contributed by atoms with Gasteiger partial charge in [0.2, 0.25) is 5.91 Å². The third-order valence-electron chi connectivity index (χ3n) is 4.18. The highest BCUT2D eigenvalue weighted by molar-refractivity contribution is 6.01. The second-order valence-electron chi connectivity index (χ2n) is 6.24. The second kappa shape index (κ2) is 9.72. The molecule has 0 spiro atoms. The van der Waals surface area contributed by atoms with Crippen molar-refractivity contribution in [3.63, 3.8) is 0 Å². The van der Waals surface area contributed by atoms with Crippen LogP contribution in [0.2, 0.25) is 0 Å². The van der Waals surface area contributed by atoms with Gasteiger partial charge < -0.3 is 15.2 Å². The number of carbonyl (C=O) groups is 1. The van der Waals surface area contributed by atoms with Gasteiger partial charge in [0.25, 0.3) is 0 Å². The number of carbonyl (C=O) groups excluding carboxylic acids is 1. The number of nitrogens with one attached hydrogen (secondary N) is 3. The Bertz CT molecular complexity index is 829. The number of hydrogen-bond donors (Lipinski definition) is 4. The molecule has 2 rings (SSSR count). The van der Waals surface area contributed by atoms with E-state index in [1.165, 1.54) is 25.3 Å². The largest absolute Gasteiger partial charge is 0.450 e. The highest BCUT2D eigenvalue weighted by atomic mass is 16.3. The summed E-state index contributed by atoms with van der Waals surface area (Å²) in [5.74, 6) is 4.90. The minimum Gasteiger partial charge on any atom is -0.450 e. The summed E-state index contributed by atoms with van der Waals surface area (Å²) in [5, 5.41) is 10.8. The molecular formula is C19H26N4O3. The van der Waals surface area contributed by atoms with E-state index in [0.29, 0.717) is 17.5 Å². The molecule has 140 valence electrons. The number of benzene rings is 1. The molecule has 1 heterocycles. The number of rotatable bonds is 9. The van der Waals surface area contributed by atoms with Gasteiger partial charge in [0.1, 0.15) is 0 Å². The molecule has 7 nitrogen and oxygen atoms in total. The first kappa shape index (κ1) is 19.7. The molecule has 5 N–H and O–H groups in total. The molecule has 0 fully saturated rings. The molecule has 0 radical (unpaired) electrons. The van der Waals surface area contributed by atoms with Crippen LogP contribution in [-0.2, 0) is 4.79 Å². The van der Waals surface area contributed by atoms with Gasteiger partial charge in [0.05, 0.1) is 11.1 Å². The van der Waals surface area contributed by atoms with E-state index in [0.717, 1.165) is 19.3 Å². The van der Waals surface area contributed by atoms with E-state index < -0.39 is 0 Å². The first-order chi connectivity index (χ1) is 12.6. The standard InChI is InChI=1S/C19H26N4O3/c1-2-3-4-5-6-7-11-17(25)22-14-10-8-9-13-15(24)12-16(19(20)23-21)26-18(13)14/h8-10,12H,2-7,11,21H2,1H3,(H2,20,23)(H,22,25). The van der Waals surface area contributed by atoms with Gasteiger partial charge in [-0.25, -0.2) is 5.84 Å². The van der Waals surface area contributed by atoms with Crippen LogP contribution in [0.15, 0.2) is 33.5 Å². The average Bonchev–Trinajstić information content (AvgIpc) is 2.64. The fourth-order valence-electron chi connectivity index (χ4n) is 2.75. The fraction of sp³-hybridized carbons (Fsp3) is 0.421. The van der Waals surface area contributed by atoms with Crippen molar-refractivity contribution in [2.75, 3.05) is 5.32 Å². The molecule has 1 aromatic heterocycles. The van der Waals surface area contributed by atoms with Gasteiger partial charge in [-0.15, -0.1) is 0 Å². The van der Waals surface area contributed by atoms with E-state index in [1.807, 2.05) is 0 Å². The Labute approximate surface area is 152 Å². The fourth-order valence-corrected chi connectivity index (χ4v) is 2.75. The molecule has 0 aliphatic rings. The molecule has 0 aliphatic carbocycles. The molecule has 1 aromatic carbocycles. The molecule has 0 unspecified atom stereocenters. The van der Waals surface area contributed by atoms with Gasteiger partial charge in [-0.3, -0.25) is 15.0 Å². The van der Waals surface area contributed by atoms with Gasteiger partial charge in [0, 0.05) is 12.5 Å². The van der Waals surface area contributed by atoms with Gasteiger partial charge in [0.15, 0.2) is 22.6 Å². The highest BCUT2D eigenvalue weighted by Crippen LogP contribution is 2.22. The first-order valence-electron chi connectivity index (χ1n) is 8.99. The van der Waals surface area contributed by atoms with Crippen molar-refractivity contribution in [2.24, 2.45) is 5.84 Å². The SMILES string of the molecule is CCCCCCCCC(=O)Nc1cccc2c(=O)cc(C(=N)NN)oc12. The zero-order valence-corrected chi connectivity index (χ0v) is 15.1. The van der Waals surface area contributed by atoms with Crippen molar-refractivity contribution in [3.05, 3.63) is 40.2 Å². The number of nitrogens with two attached hydrogens (primary N) is 1. The summed E-state index contributed by atoms with van der Waals surface area (Å²) >= 11 is 0. The van der Waals surface area contributed by atoms with E-state index in [-0.39, 0.29) is 28.5 Å². The zero-order valence-electron chi connectivity index (χ0n) is 15.1. The molecule has 0 bridgehead atoms. The average molecular weight is 358 g/mol. The summed E-state index contributed by atoms with van der Waals surface area (Å²) < 4.78 is 5.62. The van der Waals surface area contributed by atoms with E-state index in [9.17, 15) is 9.59 Å². The summed E-state index contributed by atoms with van der Waals surface area (Å²) in [4.78, 5) is 24.4. The van der Waals surface area contributed by atoms with Gasteiger partial charge in [-0.05, 0) is 18.6 Å². The van der Waals surface area contributed by atoms with Crippen LogP contribution in [-0.4, -0.2) is 11.7 Å². The summed E-state index contributed by atoms with van der Waals surface area (Å²) in [6.45, 7) is 2.17. The Balaban J connectivity index is 2.09. The van der Waals surface area contributed by atoms with Crippen molar-refractivity contribution < 1.29 is 9.21 Å². The number of hydrogen-bond acceptors (Lipinski definition) is 5. The lowest BCUT2D eigenvalue weighted by Crippen LogP contribution is -2.30. The van der Waals surface area contributed by atoms with Gasteiger partial charge in [-0.1, -0.05) is 45.1 Å². The monoisotopic (exact) mass is 358 g/mol. The molecule has 2 aromatic rings. The number of hydrazine groups is 1. The maximum Gasteiger partial charge on any atom is 0.224 e. The minimum absolute atomic E-state index is 0.0163. The Morgan fingerprint density at radius 1 is 1.19 bits per heavy atom. The molecule has 0 atom stereocenters. The normalized spacial score (nSPS) is 10.7. The highest BCUT2D eigenvalue weighted by Gasteiger charge is 2.13. The van der Waals surface area contributed by atoms with Crippen LogP contribution in [0.1, 0.15) is 57.6 Å². The lowest BCUT2D eigenvalue weighted by molar-refractivity contribution is -0.116. The summed E-state index contributed by atoms with van der Waals surface area (Å²) in [5.41, 5.74) is 2.51. The van der Waals surface area contributed by atoms with Crippen molar-refractivity contribution in [3.8, 4) is 0 Å². The van der Waals surface area contributed by atoms with Crippen LogP contribution < -0.4 is 22.0 Å². The Hall–Kier alpha value is -2.67. The molecule has 0 aliphatic heterocycles. The number of fused-ring (bicyclic) bond motifs is 1. The van der Waals surface area contributed by atoms with E-state index in [2.05, 4.69) is 17.7 Å². The van der Waals surface area contributed by atoms with Crippen molar-refractivity contribution >= 4 is 28.4 Å². The smallest absolute Gasteiger partial charge is 0.224 e. The van der Waals surface area contributed by atoms with E-state index in [4.69, 9.17) is 15.7 Å². The van der Waals surface area contributed by atoms with Crippen LogP contribution in [0.25, 0.3) is 11.0 Å². The molecule has 7 heteroatoms. The number of amides is 1. The van der Waals surface area contributed by atoms with Crippen LogP contribution in [0.4, 0.5) is 5.69 Å². The van der Waals surface area contributed by atoms with E-state index >= 15 is 0 Å². The summed E-state index contributed by atoms with van der Waals surface area (Å²) in [6, 6.07) is 6.18. The quantitative estimate of drug-likeness (QED) is 0.180. The minimum atomic E-state index is -0.298. The maximum atomic E-state index is 12.2. The van der Waals surface area contributed by atoms with Crippen LogP contribution in [0, 0.1) is 5.41 Å². The van der Waals surface area contributed by atoms with Crippen LogP contribution >= 0.6 is 0 Å². The zero-order chi connectivity index (χ0) is 18.9. The predicted molar refractivity (Wildman–Crippen MR) is 103 cm³/mol. The van der Waals surface area contributed by atoms with Crippen LogP contribution in [0.5, 0.6) is 0 Å². The summed E-state index contributed by atoms with van der Waals surface area (Å²) in [6.07, 6.45) is 7.06. The molecule has 0 saturated heterocycles. The van der Waals surface area contributed by atoms with Gasteiger partial charge in [-0.2, -0.15) is 0 Å². The lowest BCUT2D eigenvalue weighted by Gasteiger charge is -2.09. The topological polar surface area (TPSA) is 121 Å². The predicted octanol–water partition coefficient (Wildman–Crippen LogP) is 3.27. The van der Waals surface area contributed by atoms with Crippen LogP contribution in [0.3, 0.4) is 0 Å². The Kier molecular flexibility index (Phi) is 7.35. The number of amidine groups is 1. The Morgan fingerprint density at radius 2 is 1.92 bits per heavy atom. The van der Waals surface area contributed by atoms with Crippen molar-refractivity contribution in [2.45, 2.75) is 51.9 Å². The first-order valence-corrected chi connectivity index (χ1v) is 8.99. The third kappa shape index (κ3) is 5.16. The van der Waals surface area contributed by atoms with E-state index in [1.54, 1.807) is 18.2 Å². The Morgan fingerprint density at radius 3 is 2.65 bits per heavy atom. The molecule has 1 amide bonds. The van der Waals surface area contributed by atoms with Crippen molar-refractivity contribution in [1.29, 1.82) is 5.41 Å². The molecule has 0 saturated carbocycles. The lowest BCUT2D eigenvalue weighted by atomic mass is 10.1. The third-order valence-corrected chi connectivity index (χ3v) is 4.18.